The van der Waals surface area contributed by atoms with Gasteiger partial charge in [0.2, 0.25) is 0 Å². The molecular formula is C13H20. The molecule has 0 aromatic carbocycles. The van der Waals surface area contributed by atoms with Crippen molar-refractivity contribution in [2.24, 2.45) is 28.6 Å². The fraction of sp³-hybridized carbons (Fsp3) is 1.00. The Hall–Kier alpha value is 0. The van der Waals surface area contributed by atoms with Gasteiger partial charge in [-0.25, -0.2) is 0 Å². The zero-order valence-electron chi connectivity index (χ0n) is 8.68. The van der Waals surface area contributed by atoms with Crippen molar-refractivity contribution in [1.29, 1.82) is 0 Å². The fourth-order valence-electron chi connectivity index (χ4n) is 5.25. The summed E-state index contributed by atoms with van der Waals surface area (Å²) >= 11 is 0. The van der Waals surface area contributed by atoms with Crippen LogP contribution < -0.4 is 0 Å². The van der Waals surface area contributed by atoms with Crippen molar-refractivity contribution in [2.45, 2.75) is 51.9 Å². The summed E-state index contributed by atoms with van der Waals surface area (Å²) in [6.45, 7) is 2.59. The SMILES string of the molecule is C[C@@]12CC3CC(CC4(CC4)C1)C3C2. The first-order valence-electron chi connectivity index (χ1n) is 6.18. The van der Waals surface area contributed by atoms with Crippen LogP contribution in [0.5, 0.6) is 0 Å². The van der Waals surface area contributed by atoms with Crippen molar-refractivity contribution in [3.05, 3.63) is 0 Å². The molecule has 0 heteroatoms. The summed E-state index contributed by atoms with van der Waals surface area (Å²) in [6, 6.07) is 0. The van der Waals surface area contributed by atoms with E-state index in [2.05, 4.69) is 6.92 Å². The molecule has 0 aromatic heterocycles. The van der Waals surface area contributed by atoms with E-state index in [0.29, 0.717) is 0 Å². The zero-order chi connectivity index (χ0) is 8.68. The Morgan fingerprint density at radius 2 is 1.77 bits per heavy atom. The summed E-state index contributed by atoms with van der Waals surface area (Å²) in [6.07, 6.45) is 11.2. The molecule has 1 spiro atoms. The van der Waals surface area contributed by atoms with Crippen LogP contribution in [0.4, 0.5) is 0 Å². The molecule has 4 atom stereocenters. The third kappa shape index (κ3) is 0.831. The summed E-state index contributed by atoms with van der Waals surface area (Å²) in [7, 11) is 0. The number of rotatable bonds is 0. The van der Waals surface area contributed by atoms with Crippen LogP contribution in [0, 0.1) is 28.6 Å². The topological polar surface area (TPSA) is 0 Å². The monoisotopic (exact) mass is 176 g/mol. The van der Waals surface area contributed by atoms with Crippen LogP contribution in [-0.4, -0.2) is 0 Å². The molecule has 4 saturated carbocycles. The molecule has 72 valence electrons. The molecular weight excluding hydrogens is 156 g/mol. The molecule has 2 bridgehead atoms. The predicted molar refractivity (Wildman–Crippen MR) is 53.3 cm³/mol. The van der Waals surface area contributed by atoms with E-state index in [-0.39, 0.29) is 0 Å². The Kier molecular flexibility index (Phi) is 1.04. The van der Waals surface area contributed by atoms with Crippen molar-refractivity contribution in [2.75, 3.05) is 0 Å². The van der Waals surface area contributed by atoms with Crippen LogP contribution in [0.2, 0.25) is 0 Å². The van der Waals surface area contributed by atoms with E-state index in [1.807, 2.05) is 0 Å². The highest BCUT2D eigenvalue weighted by molar-refractivity contribution is 5.11. The molecule has 4 rings (SSSR count). The molecule has 0 N–H and O–H groups in total. The van der Waals surface area contributed by atoms with E-state index in [1.54, 1.807) is 44.9 Å². The van der Waals surface area contributed by atoms with Crippen LogP contribution >= 0.6 is 0 Å². The predicted octanol–water partition coefficient (Wildman–Crippen LogP) is 3.61. The van der Waals surface area contributed by atoms with Crippen molar-refractivity contribution >= 4 is 0 Å². The van der Waals surface area contributed by atoms with Gasteiger partial charge in [-0.3, -0.25) is 0 Å². The Balaban J connectivity index is 1.74. The maximum atomic E-state index is 2.59. The van der Waals surface area contributed by atoms with Gasteiger partial charge in [-0.15, -0.1) is 0 Å². The molecule has 4 aliphatic rings. The number of fused-ring (bicyclic) bond motifs is 1. The Morgan fingerprint density at radius 3 is 2.54 bits per heavy atom. The summed E-state index contributed by atoms with van der Waals surface area (Å²) in [5, 5.41) is 0. The van der Waals surface area contributed by atoms with Gasteiger partial charge >= 0.3 is 0 Å². The number of hydrogen-bond acceptors (Lipinski definition) is 0. The molecule has 13 heavy (non-hydrogen) atoms. The summed E-state index contributed by atoms with van der Waals surface area (Å²) in [5.74, 6) is 3.54. The van der Waals surface area contributed by atoms with Crippen molar-refractivity contribution in [1.82, 2.24) is 0 Å². The lowest BCUT2D eigenvalue weighted by Gasteiger charge is -2.43. The standard InChI is InChI=1S/C13H20/c1-12-5-9-4-10(11(9)7-12)6-13(8-12)2-3-13/h9-11H,2-8H2,1H3/t9?,10?,11?,12-/m0/s1. The normalized spacial score (nSPS) is 60.2. The third-order valence-electron chi connectivity index (χ3n) is 5.75. The molecule has 0 heterocycles. The smallest absolute Gasteiger partial charge is 0.0289 e. The van der Waals surface area contributed by atoms with Gasteiger partial charge in [-0.1, -0.05) is 6.92 Å². The third-order valence-corrected chi connectivity index (χ3v) is 5.75. The van der Waals surface area contributed by atoms with Gasteiger partial charge in [0.25, 0.3) is 0 Å². The molecule has 0 radical (unpaired) electrons. The van der Waals surface area contributed by atoms with Crippen LogP contribution in [0.3, 0.4) is 0 Å². The van der Waals surface area contributed by atoms with Gasteiger partial charge in [0, 0.05) is 0 Å². The Bertz CT molecular complexity index is 263. The van der Waals surface area contributed by atoms with E-state index in [9.17, 15) is 0 Å². The Labute approximate surface area is 81.1 Å². The highest BCUT2D eigenvalue weighted by Gasteiger charge is 2.61. The van der Waals surface area contributed by atoms with Gasteiger partial charge in [-0.05, 0) is 73.5 Å². The first-order valence-corrected chi connectivity index (χ1v) is 6.18. The second kappa shape index (κ2) is 1.85. The first-order chi connectivity index (χ1) is 6.18. The van der Waals surface area contributed by atoms with E-state index < -0.39 is 0 Å². The van der Waals surface area contributed by atoms with Gasteiger partial charge in [0.15, 0.2) is 0 Å². The highest BCUT2D eigenvalue weighted by Crippen LogP contribution is 2.71. The molecule has 0 nitrogen and oxygen atoms in total. The summed E-state index contributed by atoms with van der Waals surface area (Å²) < 4.78 is 0. The maximum absolute atomic E-state index is 2.59. The molecule has 0 aliphatic heterocycles. The lowest BCUT2D eigenvalue weighted by molar-refractivity contribution is 0.0659. The van der Waals surface area contributed by atoms with Gasteiger partial charge in [-0.2, -0.15) is 0 Å². The highest BCUT2D eigenvalue weighted by atomic mass is 14.7. The quantitative estimate of drug-likeness (QED) is 0.529. The van der Waals surface area contributed by atoms with Gasteiger partial charge in [0.05, 0.1) is 0 Å². The second-order valence-corrected chi connectivity index (χ2v) is 7.02. The van der Waals surface area contributed by atoms with Crippen molar-refractivity contribution in [3.63, 3.8) is 0 Å². The van der Waals surface area contributed by atoms with E-state index >= 15 is 0 Å². The summed E-state index contributed by atoms with van der Waals surface area (Å²) in [4.78, 5) is 0. The average Bonchev–Trinajstić information content (AvgIpc) is 2.73. The maximum Gasteiger partial charge on any atom is -0.0289 e. The van der Waals surface area contributed by atoms with E-state index in [4.69, 9.17) is 0 Å². The lowest BCUT2D eigenvalue weighted by atomic mass is 9.62. The number of hydrogen-bond donors (Lipinski definition) is 0. The summed E-state index contributed by atoms with van der Waals surface area (Å²) in [5.41, 5.74) is 1.68. The minimum Gasteiger partial charge on any atom is -0.0596 e. The molecule has 3 unspecified atom stereocenters. The first kappa shape index (κ1) is 7.31. The van der Waals surface area contributed by atoms with E-state index in [0.717, 1.165) is 10.8 Å². The van der Waals surface area contributed by atoms with E-state index in [1.165, 1.54) is 17.8 Å². The molecule has 0 saturated heterocycles. The van der Waals surface area contributed by atoms with Gasteiger partial charge in [0.1, 0.15) is 0 Å². The Morgan fingerprint density at radius 1 is 1.00 bits per heavy atom. The van der Waals surface area contributed by atoms with Crippen molar-refractivity contribution in [3.8, 4) is 0 Å². The molecule has 0 aromatic rings. The largest absolute Gasteiger partial charge is 0.0596 e. The molecule has 0 amide bonds. The van der Waals surface area contributed by atoms with Crippen LogP contribution in [0.1, 0.15) is 51.9 Å². The second-order valence-electron chi connectivity index (χ2n) is 7.02. The van der Waals surface area contributed by atoms with Gasteiger partial charge < -0.3 is 0 Å². The average molecular weight is 176 g/mol. The molecule has 4 fully saturated rings. The lowest BCUT2D eigenvalue weighted by Crippen LogP contribution is -2.34. The molecule has 4 aliphatic carbocycles. The van der Waals surface area contributed by atoms with Crippen LogP contribution in [0.25, 0.3) is 0 Å². The minimum absolute atomic E-state index is 0.789. The fourth-order valence-corrected chi connectivity index (χ4v) is 5.25. The minimum atomic E-state index is 0.789. The van der Waals surface area contributed by atoms with Crippen molar-refractivity contribution < 1.29 is 0 Å². The zero-order valence-corrected chi connectivity index (χ0v) is 8.68. The van der Waals surface area contributed by atoms with Crippen LogP contribution in [-0.2, 0) is 0 Å². The van der Waals surface area contributed by atoms with Crippen LogP contribution in [0.15, 0.2) is 0 Å².